The Morgan fingerprint density at radius 2 is 1.72 bits per heavy atom. The number of benzene rings is 2. The number of ether oxygens (including phenoxy) is 1. The predicted octanol–water partition coefficient (Wildman–Crippen LogP) is 4.32. The first-order chi connectivity index (χ1) is 14.1. The molecule has 0 aliphatic heterocycles. The summed E-state index contributed by atoms with van der Waals surface area (Å²) in [6.07, 6.45) is 3.51. The fourth-order valence-corrected chi connectivity index (χ4v) is 2.90. The molecule has 4 rings (SSSR count). The van der Waals surface area contributed by atoms with Gasteiger partial charge in [-0.2, -0.15) is 15.1 Å². The van der Waals surface area contributed by atoms with Crippen LogP contribution in [0.4, 0.5) is 5.69 Å². The van der Waals surface area contributed by atoms with Gasteiger partial charge in [0.1, 0.15) is 5.75 Å². The highest BCUT2D eigenvalue weighted by molar-refractivity contribution is 6.05. The van der Waals surface area contributed by atoms with E-state index >= 15 is 0 Å². The molecular formula is C22H19N5O2. The molecule has 4 aromatic rings. The van der Waals surface area contributed by atoms with Crippen molar-refractivity contribution in [2.24, 2.45) is 0 Å². The normalized spacial score (nSPS) is 10.6. The number of nitrogens with one attached hydrogen (secondary N) is 1. The van der Waals surface area contributed by atoms with Crippen molar-refractivity contribution in [3.63, 3.8) is 0 Å². The Kier molecular flexibility index (Phi) is 5.03. The molecular weight excluding hydrogens is 366 g/mol. The number of para-hydroxylation sites is 1. The van der Waals surface area contributed by atoms with E-state index < -0.39 is 0 Å². The highest BCUT2D eigenvalue weighted by Crippen LogP contribution is 2.24. The van der Waals surface area contributed by atoms with E-state index in [1.54, 1.807) is 23.0 Å². The molecule has 0 bridgehead atoms. The van der Waals surface area contributed by atoms with E-state index in [0.717, 1.165) is 5.69 Å². The van der Waals surface area contributed by atoms with Crippen LogP contribution in [0.2, 0.25) is 0 Å². The van der Waals surface area contributed by atoms with E-state index in [9.17, 15) is 4.79 Å². The summed E-state index contributed by atoms with van der Waals surface area (Å²) in [5.74, 6) is 0.407. The fourth-order valence-electron chi connectivity index (χ4n) is 2.90. The summed E-state index contributed by atoms with van der Waals surface area (Å²) in [6, 6.07) is 18.6. The minimum atomic E-state index is -0.245. The zero-order valence-corrected chi connectivity index (χ0v) is 16.0. The Morgan fingerprint density at radius 1 is 0.966 bits per heavy atom. The molecule has 29 heavy (non-hydrogen) atoms. The molecule has 0 aliphatic carbocycles. The number of aromatic nitrogens is 4. The van der Waals surface area contributed by atoms with Crippen LogP contribution in [0.5, 0.6) is 11.8 Å². The first kappa shape index (κ1) is 18.4. The number of carbonyl (C=O) groups excluding carboxylic acids is 1. The first-order valence-corrected chi connectivity index (χ1v) is 9.10. The van der Waals surface area contributed by atoms with Crippen LogP contribution in [0.3, 0.4) is 0 Å². The van der Waals surface area contributed by atoms with Gasteiger partial charge < -0.3 is 10.1 Å². The first-order valence-electron chi connectivity index (χ1n) is 9.10. The number of carbonyl (C=O) groups is 1. The molecule has 2 heterocycles. The zero-order valence-electron chi connectivity index (χ0n) is 16.0. The van der Waals surface area contributed by atoms with Crippen LogP contribution in [0, 0.1) is 13.8 Å². The summed E-state index contributed by atoms with van der Waals surface area (Å²) >= 11 is 0. The maximum absolute atomic E-state index is 12.8. The van der Waals surface area contributed by atoms with Crippen LogP contribution in [-0.2, 0) is 0 Å². The maximum atomic E-state index is 12.8. The SMILES string of the molecule is Cc1nc(Oc2ccccc2)nc(C)c1NC(=O)c1cccc(-n2cccn2)c1. The molecule has 0 saturated heterocycles. The molecule has 7 nitrogen and oxygen atoms in total. The molecule has 0 atom stereocenters. The molecule has 0 unspecified atom stereocenters. The van der Waals surface area contributed by atoms with Gasteiger partial charge in [0.2, 0.25) is 0 Å². The van der Waals surface area contributed by atoms with Crippen molar-refractivity contribution in [2.75, 3.05) is 5.32 Å². The summed E-state index contributed by atoms with van der Waals surface area (Å²) in [5.41, 5.74) is 3.14. The van der Waals surface area contributed by atoms with Crippen molar-refractivity contribution in [1.82, 2.24) is 19.7 Å². The number of nitrogens with zero attached hydrogens (tertiary/aromatic N) is 4. The fraction of sp³-hybridized carbons (Fsp3) is 0.0909. The Balaban J connectivity index is 1.55. The zero-order chi connectivity index (χ0) is 20.2. The van der Waals surface area contributed by atoms with Crippen molar-refractivity contribution in [1.29, 1.82) is 0 Å². The predicted molar refractivity (Wildman–Crippen MR) is 110 cm³/mol. The Labute approximate surface area is 168 Å². The maximum Gasteiger partial charge on any atom is 0.322 e. The van der Waals surface area contributed by atoms with Crippen LogP contribution < -0.4 is 10.1 Å². The van der Waals surface area contributed by atoms with E-state index in [2.05, 4.69) is 20.4 Å². The van der Waals surface area contributed by atoms with Crippen LogP contribution in [0.1, 0.15) is 21.7 Å². The lowest BCUT2D eigenvalue weighted by Crippen LogP contribution is -2.15. The summed E-state index contributed by atoms with van der Waals surface area (Å²) in [4.78, 5) is 21.5. The number of anilines is 1. The number of aryl methyl sites for hydroxylation is 2. The average molecular weight is 385 g/mol. The Hall–Kier alpha value is -4.00. The monoisotopic (exact) mass is 385 g/mol. The smallest absolute Gasteiger partial charge is 0.322 e. The lowest BCUT2D eigenvalue weighted by Gasteiger charge is -2.13. The number of rotatable bonds is 5. The highest BCUT2D eigenvalue weighted by Gasteiger charge is 2.14. The van der Waals surface area contributed by atoms with Gasteiger partial charge in [0.25, 0.3) is 5.91 Å². The van der Waals surface area contributed by atoms with Crippen molar-refractivity contribution < 1.29 is 9.53 Å². The number of hydrogen-bond acceptors (Lipinski definition) is 5. The second-order valence-corrected chi connectivity index (χ2v) is 6.42. The third-order valence-electron chi connectivity index (χ3n) is 4.32. The van der Waals surface area contributed by atoms with Gasteiger partial charge in [0.05, 0.1) is 22.8 Å². The van der Waals surface area contributed by atoms with Crippen molar-refractivity contribution in [3.8, 4) is 17.4 Å². The average Bonchev–Trinajstić information content (AvgIpc) is 3.26. The summed E-state index contributed by atoms with van der Waals surface area (Å²) < 4.78 is 7.40. The van der Waals surface area contributed by atoms with Gasteiger partial charge in [-0.25, -0.2) is 4.68 Å². The molecule has 0 aliphatic rings. The van der Waals surface area contributed by atoms with Gasteiger partial charge in [-0.05, 0) is 50.2 Å². The quantitative estimate of drug-likeness (QED) is 0.553. The molecule has 1 amide bonds. The van der Waals surface area contributed by atoms with Gasteiger partial charge in [-0.15, -0.1) is 0 Å². The molecule has 144 valence electrons. The third-order valence-corrected chi connectivity index (χ3v) is 4.32. The van der Waals surface area contributed by atoms with E-state index in [0.29, 0.717) is 28.4 Å². The van der Waals surface area contributed by atoms with Crippen molar-refractivity contribution in [2.45, 2.75) is 13.8 Å². The lowest BCUT2D eigenvalue weighted by atomic mass is 10.1. The highest BCUT2D eigenvalue weighted by atomic mass is 16.5. The van der Waals surface area contributed by atoms with Crippen LogP contribution in [-0.4, -0.2) is 25.7 Å². The van der Waals surface area contributed by atoms with E-state index in [1.165, 1.54) is 0 Å². The molecule has 2 aromatic carbocycles. The van der Waals surface area contributed by atoms with E-state index in [-0.39, 0.29) is 11.9 Å². The molecule has 1 N–H and O–H groups in total. The lowest BCUT2D eigenvalue weighted by molar-refractivity contribution is 0.102. The molecule has 0 saturated carbocycles. The van der Waals surface area contributed by atoms with Crippen molar-refractivity contribution in [3.05, 3.63) is 90.0 Å². The van der Waals surface area contributed by atoms with Gasteiger partial charge in [0.15, 0.2) is 0 Å². The van der Waals surface area contributed by atoms with Gasteiger partial charge in [-0.3, -0.25) is 4.79 Å². The number of hydrogen-bond donors (Lipinski definition) is 1. The van der Waals surface area contributed by atoms with Crippen LogP contribution in [0.25, 0.3) is 5.69 Å². The Bertz CT molecular complexity index is 1120. The molecule has 0 fully saturated rings. The van der Waals surface area contributed by atoms with Crippen molar-refractivity contribution >= 4 is 11.6 Å². The number of amides is 1. The minimum Gasteiger partial charge on any atom is -0.424 e. The van der Waals surface area contributed by atoms with Crippen LogP contribution in [0.15, 0.2) is 73.1 Å². The van der Waals surface area contributed by atoms with Gasteiger partial charge in [0, 0.05) is 18.0 Å². The van der Waals surface area contributed by atoms with Crippen LogP contribution >= 0.6 is 0 Å². The summed E-state index contributed by atoms with van der Waals surface area (Å²) in [5, 5.41) is 7.10. The molecule has 0 radical (unpaired) electrons. The molecule has 0 spiro atoms. The van der Waals surface area contributed by atoms with E-state index in [4.69, 9.17) is 4.74 Å². The molecule has 7 heteroatoms. The second kappa shape index (κ2) is 7.93. The summed E-state index contributed by atoms with van der Waals surface area (Å²) in [6.45, 7) is 3.62. The third kappa shape index (κ3) is 4.14. The Morgan fingerprint density at radius 3 is 2.41 bits per heavy atom. The van der Waals surface area contributed by atoms with E-state index in [1.807, 2.05) is 68.6 Å². The van der Waals surface area contributed by atoms with Gasteiger partial charge >= 0.3 is 6.01 Å². The van der Waals surface area contributed by atoms with Gasteiger partial charge in [-0.1, -0.05) is 24.3 Å². The topological polar surface area (TPSA) is 81.9 Å². The molecule has 2 aromatic heterocycles. The second-order valence-electron chi connectivity index (χ2n) is 6.42. The largest absolute Gasteiger partial charge is 0.424 e. The summed E-state index contributed by atoms with van der Waals surface area (Å²) in [7, 11) is 0. The standard InChI is InChI=1S/C22H19N5O2/c1-15-20(16(2)25-22(24-15)29-19-10-4-3-5-11-19)26-21(28)17-8-6-9-18(14-17)27-13-7-12-23-27/h3-14H,1-2H3,(H,26,28). The minimum absolute atomic E-state index is 0.241.